The Morgan fingerprint density at radius 1 is 0.561 bits per heavy atom. The molecule has 57 heavy (non-hydrogen) atoms. The third-order valence-electron chi connectivity index (χ3n) is 8.70. The molecule has 0 bridgehead atoms. The molecular formula is C47H80NO8P. The zero-order valence-electron chi connectivity index (χ0n) is 36.2. The van der Waals surface area contributed by atoms with E-state index in [1.807, 2.05) is 26.2 Å². The predicted molar refractivity (Wildman–Crippen MR) is 238 cm³/mol. The van der Waals surface area contributed by atoms with Crippen molar-refractivity contribution >= 4 is 19.8 Å². The molecule has 0 saturated heterocycles. The second kappa shape index (κ2) is 41.4. The van der Waals surface area contributed by atoms with E-state index in [4.69, 9.17) is 18.5 Å². The van der Waals surface area contributed by atoms with Gasteiger partial charge in [0.2, 0.25) is 0 Å². The molecule has 9 nitrogen and oxygen atoms in total. The summed E-state index contributed by atoms with van der Waals surface area (Å²) in [6.07, 6.45) is 50.7. The first-order chi connectivity index (χ1) is 27.7. The van der Waals surface area contributed by atoms with Crippen molar-refractivity contribution in [1.82, 2.24) is 4.90 Å². The first kappa shape index (κ1) is 54.2. The zero-order chi connectivity index (χ0) is 41.9. The molecule has 10 heteroatoms. The number of phosphoric ester groups is 1. The number of unbranched alkanes of at least 4 members (excludes halogenated alkanes) is 11. The summed E-state index contributed by atoms with van der Waals surface area (Å²) in [6, 6.07) is 0. The van der Waals surface area contributed by atoms with Gasteiger partial charge in [0.05, 0.1) is 13.2 Å². The fraction of sp³-hybridized carbons (Fsp3) is 0.660. The lowest BCUT2D eigenvalue weighted by molar-refractivity contribution is -0.161. The zero-order valence-corrected chi connectivity index (χ0v) is 37.1. The SMILES string of the molecule is CC/C=C\C/C=C\C/C=C\C/C=C\C/C=C\C/C=C\CCC(=O)OC(COC(=O)CCCCCCC/C=C\CCCCCCCC)COP(=O)(O)OCCN(C)C. The van der Waals surface area contributed by atoms with E-state index in [-0.39, 0.29) is 26.1 Å². The van der Waals surface area contributed by atoms with Crippen LogP contribution in [0.4, 0.5) is 0 Å². The van der Waals surface area contributed by atoms with E-state index in [1.165, 1.54) is 44.9 Å². The molecule has 0 aliphatic heterocycles. The number of carbonyl (C=O) groups is 2. The van der Waals surface area contributed by atoms with Gasteiger partial charge in [0, 0.05) is 19.4 Å². The van der Waals surface area contributed by atoms with Crippen molar-refractivity contribution in [3.8, 4) is 0 Å². The normalized spacial score (nSPS) is 14.2. The fourth-order valence-corrected chi connectivity index (χ4v) is 6.09. The molecule has 0 aliphatic rings. The predicted octanol–water partition coefficient (Wildman–Crippen LogP) is 12.7. The summed E-state index contributed by atoms with van der Waals surface area (Å²) in [7, 11) is -0.763. The number of likely N-dealkylation sites (N-methyl/N-ethyl adjacent to an activating group) is 1. The van der Waals surface area contributed by atoms with Crippen LogP contribution in [-0.4, -0.2) is 68.3 Å². The highest BCUT2D eigenvalue weighted by atomic mass is 31.2. The van der Waals surface area contributed by atoms with E-state index in [1.54, 1.807) is 4.90 Å². The Morgan fingerprint density at radius 3 is 1.56 bits per heavy atom. The molecule has 0 aromatic carbocycles. The summed E-state index contributed by atoms with van der Waals surface area (Å²) in [5, 5.41) is 0. The number of allylic oxidation sites excluding steroid dienone is 14. The summed E-state index contributed by atoms with van der Waals surface area (Å²) in [4.78, 5) is 37.0. The molecule has 0 saturated carbocycles. The number of carbonyl (C=O) groups excluding carboxylic acids is 2. The number of nitrogens with zero attached hydrogens (tertiary/aromatic N) is 1. The number of phosphoric acid groups is 1. The Kier molecular flexibility index (Phi) is 39.3. The highest BCUT2D eigenvalue weighted by molar-refractivity contribution is 7.47. The van der Waals surface area contributed by atoms with Crippen molar-refractivity contribution in [1.29, 1.82) is 0 Å². The Balaban J connectivity index is 4.45. The first-order valence-electron chi connectivity index (χ1n) is 21.9. The van der Waals surface area contributed by atoms with Gasteiger partial charge in [-0.3, -0.25) is 18.6 Å². The van der Waals surface area contributed by atoms with Crippen molar-refractivity contribution in [2.75, 3.05) is 40.5 Å². The molecule has 0 aliphatic carbocycles. The van der Waals surface area contributed by atoms with Crippen molar-refractivity contribution in [2.45, 2.75) is 161 Å². The molecule has 0 amide bonds. The van der Waals surface area contributed by atoms with Gasteiger partial charge in [0.1, 0.15) is 6.61 Å². The minimum absolute atomic E-state index is 0.0118. The van der Waals surface area contributed by atoms with Crippen LogP contribution < -0.4 is 0 Å². The molecule has 0 rings (SSSR count). The lowest BCUT2D eigenvalue weighted by atomic mass is 10.1. The Labute approximate surface area is 348 Å². The van der Waals surface area contributed by atoms with Crippen LogP contribution in [0.1, 0.15) is 155 Å². The third kappa shape index (κ3) is 42.6. The molecule has 0 radical (unpaired) electrons. The Hall–Kier alpha value is -2.81. The van der Waals surface area contributed by atoms with Crippen LogP contribution in [-0.2, 0) is 32.7 Å². The van der Waals surface area contributed by atoms with Gasteiger partial charge in [0.25, 0.3) is 0 Å². The molecule has 2 atom stereocenters. The molecular weight excluding hydrogens is 737 g/mol. The van der Waals surface area contributed by atoms with Crippen molar-refractivity contribution in [3.63, 3.8) is 0 Å². The molecule has 2 unspecified atom stereocenters. The van der Waals surface area contributed by atoms with Crippen LogP contribution >= 0.6 is 7.82 Å². The maximum atomic E-state index is 12.6. The lowest BCUT2D eigenvalue weighted by Gasteiger charge is -2.20. The quantitative estimate of drug-likeness (QED) is 0.0280. The van der Waals surface area contributed by atoms with Gasteiger partial charge in [-0.25, -0.2) is 4.57 Å². The summed E-state index contributed by atoms with van der Waals surface area (Å²) in [6.45, 7) is 4.09. The summed E-state index contributed by atoms with van der Waals surface area (Å²) >= 11 is 0. The van der Waals surface area contributed by atoms with Crippen molar-refractivity contribution in [2.24, 2.45) is 0 Å². The van der Waals surface area contributed by atoms with Crippen LogP contribution in [0, 0.1) is 0 Å². The summed E-state index contributed by atoms with van der Waals surface area (Å²) in [5.41, 5.74) is 0. The number of rotatable bonds is 39. The topological polar surface area (TPSA) is 112 Å². The van der Waals surface area contributed by atoms with Gasteiger partial charge in [-0.15, -0.1) is 0 Å². The van der Waals surface area contributed by atoms with Crippen LogP contribution in [0.25, 0.3) is 0 Å². The molecule has 0 spiro atoms. The van der Waals surface area contributed by atoms with E-state index in [0.717, 1.165) is 70.6 Å². The molecule has 1 N–H and O–H groups in total. The van der Waals surface area contributed by atoms with Crippen molar-refractivity contribution in [3.05, 3.63) is 85.1 Å². The van der Waals surface area contributed by atoms with Crippen LogP contribution in [0.2, 0.25) is 0 Å². The number of hydrogen-bond donors (Lipinski definition) is 1. The average molecular weight is 818 g/mol. The van der Waals surface area contributed by atoms with Gasteiger partial charge < -0.3 is 19.3 Å². The molecule has 0 heterocycles. The Morgan fingerprint density at radius 2 is 1.04 bits per heavy atom. The largest absolute Gasteiger partial charge is 0.472 e. The smallest absolute Gasteiger partial charge is 0.462 e. The minimum atomic E-state index is -4.39. The monoisotopic (exact) mass is 818 g/mol. The summed E-state index contributed by atoms with van der Waals surface area (Å²) in [5.74, 6) is -0.918. The second-order valence-corrected chi connectivity index (χ2v) is 15.9. The minimum Gasteiger partial charge on any atom is -0.462 e. The molecule has 0 aromatic heterocycles. The lowest BCUT2D eigenvalue weighted by Crippen LogP contribution is -2.29. The van der Waals surface area contributed by atoms with E-state index in [9.17, 15) is 19.0 Å². The molecule has 326 valence electrons. The number of hydrogen-bond acceptors (Lipinski definition) is 8. The maximum Gasteiger partial charge on any atom is 0.472 e. The van der Waals surface area contributed by atoms with Gasteiger partial charge in [0.15, 0.2) is 6.10 Å². The van der Waals surface area contributed by atoms with Crippen LogP contribution in [0.15, 0.2) is 85.1 Å². The van der Waals surface area contributed by atoms with Crippen LogP contribution in [0.5, 0.6) is 0 Å². The van der Waals surface area contributed by atoms with Crippen LogP contribution in [0.3, 0.4) is 0 Å². The van der Waals surface area contributed by atoms with E-state index < -0.39 is 32.5 Å². The third-order valence-corrected chi connectivity index (χ3v) is 9.68. The van der Waals surface area contributed by atoms with Gasteiger partial charge >= 0.3 is 19.8 Å². The highest BCUT2D eigenvalue weighted by Gasteiger charge is 2.26. The standard InChI is InChI=1S/C47H80NO8P/c1-5-7-9-11-13-15-17-19-21-22-23-24-26-28-30-32-34-36-38-40-47(50)56-45(44-55-57(51,52)54-42-41-48(3)4)43-53-46(49)39-37-35-33-31-29-27-25-20-18-16-14-12-10-8-6-2/h7,9,13,15,19-21,23-25,28,30,34,36,45H,5-6,8,10-12,14,16-18,22,26-27,29,31-33,35,37-44H2,1-4H3,(H,51,52)/b9-7-,15-13-,21-19-,24-23-,25-20-,30-28-,36-34-. The van der Waals surface area contributed by atoms with Gasteiger partial charge in [-0.2, -0.15) is 0 Å². The van der Waals surface area contributed by atoms with Crippen molar-refractivity contribution < 1.29 is 37.6 Å². The van der Waals surface area contributed by atoms with Gasteiger partial charge in [-0.05, 0) is 91.1 Å². The van der Waals surface area contributed by atoms with Gasteiger partial charge in [-0.1, -0.05) is 150 Å². The fourth-order valence-electron chi connectivity index (χ4n) is 5.35. The average Bonchev–Trinajstić information content (AvgIpc) is 3.18. The second-order valence-electron chi connectivity index (χ2n) is 14.5. The highest BCUT2D eigenvalue weighted by Crippen LogP contribution is 2.43. The van der Waals surface area contributed by atoms with E-state index >= 15 is 0 Å². The molecule has 0 aromatic rings. The Bertz CT molecular complexity index is 1220. The van der Waals surface area contributed by atoms with E-state index in [0.29, 0.717) is 19.4 Å². The number of ether oxygens (including phenoxy) is 2. The first-order valence-corrected chi connectivity index (χ1v) is 23.4. The van der Waals surface area contributed by atoms with E-state index in [2.05, 4.69) is 86.8 Å². The maximum absolute atomic E-state index is 12.6. The number of esters is 2. The molecule has 0 fully saturated rings. The summed E-state index contributed by atoms with van der Waals surface area (Å²) < 4.78 is 33.4.